The number of carboxylic acid groups (broad SMARTS) is 1. The number of anilines is 1. The zero-order valence-corrected chi connectivity index (χ0v) is 21.3. The zero-order chi connectivity index (χ0) is 22.6. The van der Waals surface area contributed by atoms with E-state index in [-0.39, 0.29) is 45.7 Å². The molecule has 0 radical (unpaired) electrons. The molecule has 0 bridgehead atoms. The number of carboxylic acids is 1. The molecular weight excluding hydrogens is 540 g/mol. The van der Waals surface area contributed by atoms with Crippen LogP contribution in [0, 0.1) is 0 Å². The fourth-order valence-electron chi connectivity index (χ4n) is 2.64. The van der Waals surface area contributed by atoms with Crippen LogP contribution in [0.25, 0.3) is 0 Å². The van der Waals surface area contributed by atoms with Crippen LogP contribution in [0.3, 0.4) is 0 Å². The van der Waals surface area contributed by atoms with Gasteiger partial charge >= 0.3 is 106 Å². The molecule has 0 spiro atoms. The Morgan fingerprint density at radius 3 is 2.12 bits per heavy atom. The minimum atomic E-state index is -0.853. The average Bonchev–Trinajstić information content (AvgIpc) is 2.85. The second-order valence-electron chi connectivity index (χ2n) is 6.51. The van der Waals surface area contributed by atoms with Gasteiger partial charge < -0.3 is 5.32 Å². The third kappa shape index (κ3) is 9.33. The molecule has 176 valence electrons. The summed E-state index contributed by atoms with van der Waals surface area (Å²) in [7, 11) is 0. The molecule has 34 heavy (non-hydrogen) atoms. The van der Waals surface area contributed by atoms with Crippen LogP contribution in [0.2, 0.25) is 0 Å². The van der Waals surface area contributed by atoms with Gasteiger partial charge in [-0.25, -0.2) is 0 Å². The van der Waals surface area contributed by atoms with Gasteiger partial charge in [0, 0.05) is 23.6 Å². The van der Waals surface area contributed by atoms with E-state index in [0.717, 1.165) is 21.0 Å². The molecule has 0 aliphatic heterocycles. The normalized spacial score (nSPS) is 9.29. The summed E-state index contributed by atoms with van der Waals surface area (Å²) < 4.78 is 0.927. The van der Waals surface area contributed by atoms with Crippen molar-refractivity contribution in [1.29, 1.82) is 0 Å². The van der Waals surface area contributed by atoms with Crippen LogP contribution in [-0.2, 0) is 5.32 Å². The third-order valence-corrected chi connectivity index (χ3v) is 6.61. The average molecular weight is 563 g/mol. The fraction of sp³-hybridized carbons (Fsp3) is 0.0400. The van der Waals surface area contributed by atoms with E-state index in [1.807, 2.05) is 48.7 Å². The summed E-state index contributed by atoms with van der Waals surface area (Å²) in [6.07, 6.45) is 6.84. The Morgan fingerprint density at radius 2 is 1.47 bits per heavy atom. The molecule has 0 saturated carbocycles. The molecule has 0 aliphatic carbocycles. The first-order chi connectivity index (χ1) is 15.6. The zero-order valence-electron chi connectivity index (χ0n) is 17.9. The van der Waals surface area contributed by atoms with Gasteiger partial charge in [-0.05, 0) is 24.3 Å². The molecule has 0 aliphatic rings. The Morgan fingerprint density at radius 1 is 0.794 bits per heavy atom. The van der Waals surface area contributed by atoms with Gasteiger partial charge in [-0.15, -0.1) is 24.8 Å². The van der Waals surface area contributed by atoms with Crippen molar-refractivity contribution >= 4 is 61.8 Å². The Hall–Kier alpha value is -3.22. The van der Waals surface area contributed by atoms with Crippen LogP contribution in [0.5, 0.6) is 0 Å². The van der Waals surface area contributed by atoms with Gasteiger partial charge in [-0.2, -0.15) is 0 Å². The van der Waals surface area contributed by atoms with Crippen molar-refractivity contribution in [3.63, 3.8) is 0 Å². The number of aromatic nitrogens is 2. The number of pyridine rings is 2. The van der Waals surface area contributed by atoms with Crippen molar-refractivity contribution in [3.05, 3.63) is 120 Å². The van der Waals surface area contributed by atoms with Crippen molar-refractivity contribution in [2.45, 2.75) is 5.32 Å². The summed E-state index contributed by atoms with van der Waals surface area (Å²) in [6.45, 7) is 0. The van der Waals surface area contributed by atoms with Crippen LogP contribution in [0.15, 0.2) is 104 Å². The van der Waals surface area contributed by atoms with E-state index in [4.69, 9.17) is 5.11 Å². The second kappa shape index (κ2) is 15.6. The second-order valence-corrected chi connectivity index (χ2v) is 8.64. The maximum atomic E-state index is 11.7. The maximum absolute atomic E-state index is 11.7. The number of nitrogens with zero attached hydrogens (tertiary/aromatic N) is 2. The molecule has 6 nitrogen and oxygen atoms in total. The summed E-state index contributed by atoms with van der Waals surface area (Å²) in [6, 6.07) is 23.7. The van der Waals surface area contributed by atoms with E-state index < -0.39 is 5.97 Å². The quantitative estimate of drug-likeness (QED) is 0.338. The van der Waals surface area contributed by atoms with Crippen molar-refractivity contribution in [3.8, 4) is 0 Å². The van der Waals surface area contributed by atoms with E-state index in [9.17, 15) is 9.59 Å². The van der Waals surface area contributed by atoms with Crippen LogP contribution in [0.1, 0.15) is 26.3 Å². The van der Waals surface area contributed by atoms with Gasteiger partial charge in [0.05, 0.1) is 0 Å². The molecule has 1 amide bonds. The van der Waals surface area contributed by atoms with Crippen LogP contribution < -0.4 is 9.78 Å². The fourth-order valence-corrected chi connectivity index (χ4v) is 4.69. The molecule has 2 N–H and O–H groups in total. The molecule has 0 unspecified atom stereocenters. The summed E-state index contributed by atoms with van der Waals surface area (Å²) in [5.41, 5.74) is 2.96. The predicted molar refractivity (Wildman–Crippen MR) is 140 cm³/mol. The van der Waals surface area contributed by atoms with Crippen molar-refractivity contribution < 1.29 is 14.7 Å². The molecule has 0 fully saturated rings. The van der Waals surface area contributed by atoms with E-state index >= 15 is 0 Å². The van der Waals surface area contributed by atoms with Crippen molar-refractivity contribution in [1.82, 2.24) is 9.97 Å². The van der Waals surface area contributed by atoms with Gasteiger partial charge in [0.25, 0.3) is 5.91 Å². The number of amides is 1. The van der Waals surface area contributed by atoms with Gasteiger partial charge in [-0.1, -0.05) is 18.2 Å². The molecule has 0 atom stereocenters. The predicted octanol–water partition coefficient (Wildman–Crippen LogP) is 4.49. The monoisotopic (exact) mass is 563 g/mol. The van der Waals surface area contributed by atoms with Crippen LogP contribution in [0.4, 0.5) is 5.69 Å². The first-order valence-corrected chi connectivity index (χ1v) is 11.8. The van der Waals surface area contributed by atoms with Gasteiger partial charge in [-0.3, -0.25) is 9.78 Å². The van der Waals surface area contributed by atoms with Gasteiger partial charge in [0.2, 0.25) is 0 Å². The summed E-state index contributed by atoms with van der Waals surface area (Å²) in [5.74, 6) is -0.963. The molecular formula is C25H23Cl2N3O3Se. The Kier molecular flexibility index (Phi) is 13.2. The molecule has 9 heteroatoms. The number of carbonyl (C=O) groups is 2. The van der Waals surface area contributed by atoms with Crippen LogP contribution in [-0.4, -0.2) is 41.9 Å². The minimum absolute atomic E-state index is 0. The standard InChI is InChI=1S/C13H11NO2Se.C12H10N2O.2ClH/c15-13(16)11-5-1-2-6-12(11)17-9-10-4-3-7-14-8-10;15-12(10-4-2-1-3-5-10)14-11-6-8-13-9-7-11;;/h1-8H,9H2,(H,15,16);1-9H,(H,13,14,15);2*1H. The number of carbonyl (C=O) groups excluding carboxylic acids is 1. The van der Waals surface area contributed by atoms with Crippen LogP contribution >= 0.6 is 24.8 Å². The number of halogens is 2. The number of hydrogen-bond donors (Lipinski definition) is 2. The molecule has 2 aromatic heterocycles. The molecule has 2 aromatic carbocycles. The summed E-state index contributed by atoms with van der Waals surface area (Å²) in [4.78, 5) is 30.6. The first kappa shape index (κ1) is 28.8. The van der Waals surface area contributed by atoms with E-state index in [2.05, 4.69) is 15.3 Å². The molecule has 4 rings (SSSR count). The molecule has 2 heterocycles. The Labute approximate surface area is 216 Å². The van der Waals surface area contributed by atoms with Crippen molar-refractivity contribution in [2.24, 2.45) is 0 Å². The topological polar surface area (TPSA) is 92.2 Å². The number of hydrogen-bond acceptors (Lipinski definition) is 4. The molecule has 4 aromatic rings. The number of nitrogens with one attached hydrogen (secondary N) is 1. The van der Waals surface area contributed by atoms with Gasteiger partial charge in [0.1, 0.15) is 0 Å². The van der Waals surface area contributed by atoms with Crippen molar-refractivity contribution in [2.75, 3.05) is 5.32 Å². The molecule has 0 saturated heterocycles. The van der Waals surface area contributed by atoms with E-state index in [0.29, 0.717) is 11.1 Å². The third-order valence-electron chi connectivity index (χ3n) is 4.21. The number of benzene rings is 2. The van der Waals surface area contributed by atoms with E-state index in [1.54, 1.807) is 55.0 Å². The first-order valence-electron chi connectivity index (χ1n) is 9.74. The number of rotatable bonds is 6. The SMILES string of the molecule is Cl.Cl.O=C(Nc1ccncc1)c1ccccc1.O=C(O)c1ccccc1[Se]Cc1cccnc1. The Balaban J connectivity index is 0.000000323. The Bertz CT molecular complexity index is 1150. The van der Waals surface area contributed by atoms with Gasteiger partial charge in [0.15, 0.2) is 0 Å². The summed E-state index contributed by atoms with van der Waals surface area (Å²) in [5, 5.41) is 12.7. The summed E-state index contributed by atoms with van der Waals surface area (Å²) >= 11 is 0.123. The number of aromatic carboxylic acids is 1. The van der Waals surface area contributed by atoms with E-state index in [1.165, 1.54) is 0 Å².